The molecule has 0 saturated carbocycles. The number of hydrogen-bond donors (Lipinski definition) is 0. The molecule has 0 spiro atoms. The molecule has 4 rings (SSSR count). The Kier molecular flexibility index (Phi) is 6.41. The number of Topliss-reactive ketones (excluding diaryl/α,β-unsaturated/α-hetero) is 1. The van der Waals surface area contributed by atoms with Crippen molar-refractivity contribution in [3.63, 3.8) is 0 Å². The van der Waals surface area contributed by atoms with Crippen molar-refractivity contribution < 1.29 is 19.2 Å². The van der Waals surface area contributed by atoms with Crippen LogP contribution in [-0.2, 0) is 9.59 Å². The van der Waals surface area contributed by atoms with Gasteiger partial charge in [0.1, 0.15) is 6.04 Å². The zero-order chi connectivity index (χ0) is 23.9. The fourth-order valence-corrected chi connectivity index (χ4v) is 4.74. The van der Waals surface area contributed by atoms with Crippen molar-refractivity contribution in [2.24, 2.45) is 11.8 Å². The molecule has 2 aliphatic rings. The highest BCUT2D eigenvalue weighted by Gasteiger charge is 2.53. The zero-order valence-electron chi connectivity index (χ0n) is 18.1. The minimum Gasteiger partial charge on any atom is -0.292 e. The second-order valence-electron chi connectivity index (χ2n) is 8.37. The van der Waals surface area contributed by atoms with Crippen molar-refractivity contribution in [2.75, 3.05) is 0 Å². The molecule has 0 N–H and O–H groups in total. The molecular weight excluding hydrogens is 463 g/mol. The second kappa shape index (κ2) is 9.12. The number of imide groups is 1. The fraction of sp³-hybridized carbons (Fsp3) is 0.280. The van der Waals surface area contributed by atoms with Gasteiger partial charge in [-0.1, -0.05) is 47.0 Å². The molecule has 3 atom stereocenters. The number of allylic oxidation sites excluding steroid dienone is 2. The summed E-state index contributed by atoms with van der Waals surface area (Å²) in [6, 6.07) is 11.4. The average molecular weight is 485 g/mol. The van der Waals surface area contributed by atoms with Crippen molar-refractivity contribution in [1.29, 1.82) is 0 Å². The number of hydrogen-bond acceptors (Lipinski definition) is 4. The number of carbonyl (C=O) groups excluding carboxylic acids is 4. The van der Waals surface area contributed by atoms with E-state index in [1.165, 1.54) is 13.0 Å². The molecule has 0 bridgehead atoms. The Bertz CT molecular complexity index is 1180. The van der Waals surface area contributed by atoms with Crippen LogP contribution in [0.2, 0.25) is 10.0 Å². The molecule has 2 aromatic rings. The van der Waals surface area contributed by atoms with Crippen molar-refractivity contribution in [1.82, 2.24) is 10.0 Å². The van der Waals surface area contributed by atoms with Gasteiger partial charge in [-0.25, -0.2) is 5.01 Å². The van der Waals surface area contributed by atoms with Crippen LogP contribution in [0.25, 0.3) is 0 Å². The van der Waals surface area contributed by atoms with Crippen LogP contribution in [0.1, 0.15) is 47.4 Å². The molecule has 0 radical (unpaired) electrons. The summed E-state index contributed by atoms with van der Waals surface area (Å²) in [5, 5.41) is 2.45. The summed E-state index contributed by atoms with van der Waals surface area (Å²) in [6.07, 6.45) is 2.81. The number of benzene rings is 2. The normalized spacial score (nSPS) is 20.8. The Morgan fingerprint density at radius 2 is 1.64 bits per heavy atom. The van der Waals surface area contributed by atoms with Crippen LogP contribution in [0, 0.1) is 11.8 Å². The summed E-state index contributed by atoms with van der Waals surface area (Å²) in [5.41, 5.74) is 1.42. The average Bonchev–Trinajstić information content (AvgIpc) is 3.04. The van der Waals surface area contributed by atoms with E-state index in [9.17, 15) is 19.2 Å². The van der Waals surface area contributed by atoms with Crippen LogP contribution >= 0.6 is 23.2 Å². The monoisotopic (exact) mass is 484 g/mol. The van der Waals surface area contributed by atoms with Gasteiger partial charge in [-0.2, -0.15) is 5.01 Å². The van der Waals surface area contributed by atoms with Gasteiger partial charge in [0, 0.05) is 10.6 Å². The minimum atomic E-state index is -1.14. The van der Waals surface area contributed by atoms with Gasteiger partial charge >= 0.3 is 0 Å². The summed E-state index contributed by atoms with van der Waals surface area (Å²) < 4.78 is 0. The second-order valence-corrected chi connectivity index (χ2v) is 9.21. The molecule has 33 heavy (non-hydrogen) atoms. The number of halogens is 2. The quantitative estimate of drug-likeness (QED) is 0.341. The summed E-state index contributed by atoms with van der Waals surface area (Å²) in [5.74, 6) is -3.20. The van der Waals surface area contributed by atoms with Crippen molar-refractivity contribution in [3.8, 4) is 0 Å². The lowest BCUT2D eigenvalue weighted by atomic mass is 9.82. The predicted molar refractivity (Wildman–Crippen MR) is 125 cm³/mol. The van der Waals surface area contributed by atoms with Gasteiger partial charge in [-0.15, -0.1) is 0 Å². The molecule has 0 aromatic heterocycles. The molecule has 170 valence electrons. The van der Waals surface area contributed by atoms with Gasteiger partial charge in [0.15, 0.2) is 5.78 Å². The molecule has 1 heterocycles. The Morgan fingerprint density at radius 1 is 1.00 bits per heavy atom. The summed E-state index contributed by atoms with van der Waals surface area (Å²) in [7, 11) is 0. The van der Waals surface area contributed by atoms with Crippen molar-refractivity contribution in [2.45, 2.75) is 32.7 Å². The summed E-state index contributed by atoms with van der Waals surface area (Å²) in [4.78, 5) is 53.7. The number of carbonyl (C=O) groups is 4. The van der Waals surface area contributed by atoms with Crippen molar-refractivity contribution in [3.05, 3.63) is 81.4 Å². The Balaban J connectivity index is 1.76. The Morgan fingerprint density at radius 3 is 2.30 bits per heavy atom. The maximum absolute atomic E-state index is 13.7. The third-order valence-electron chi connectivity index (χ3n) is 6.20. The van der Waals surface area contributed by atoms with E-state index in [2.05, 4.69) is 0 Å². The molecule has 1 saturated heterocycles. The van der Waals surface area contributed by atoms with Gasteiger partial charge in [0.25, 0.3) is 17.7 Å². The molecule has 1 aliphatic carbocycles. The molecule has 1 fully saturated rings. The maximum atomic E-state index is 13.7. The van der Waals surface area contributed by atoms with E-state index < -0.39 is 41.4 Å². The SMILES string of the molecule is CC1=CC[C@@H]2C(=O)N(N(C(=O)c3ccccc3Cl)[C@H](C)C(=O)c3ccc(Cl)cc3)C(=O)[C@@H]2C1. The lowest BCUT2D eigenvalue weighted by molar-refractivity contribution is -0.156. The van der Waals surface area contributed by atoms with Gasteiger partial charge in [-0.05, 0) is 63.1 Å². The van der Waals surface area contributed by atoms with Gasteiger partial charge in [0.2, 0.25) is 0 Å². The van der Waals surface area contributed by atoms with Crippen LogP contribution in [0.4, 0.5) is 0 Å². The van der Waals surface area contributed by atoms with Crippen LogP contribution in [0.3, 0.4) is 0 Å². The first-order valence-electron chi connectivity index (χ1n) is 10.6. The number of ketones is 1. The van der Waals surface area contributed by atoms with Gasteiger partial charge in [-0.3, -0.25) is 19.2 Å². The Labute approximate surface area is 201 Å². The van der Waals surface area contributed by atoms with Crippen molar-refractivity contribution >= 4 is 46.7 Å². The van der Waals surface area contributed by atoms with Crippen LogP contribution < -0.4 is 0 Å². The molecule has 8 heteroatoms. The molecular formula is C25H22Cl2N2O4. The first kappa shape index (κ1) is 23.2. The van der Waals surface area contributed by atoms with E-state index in [-0.39, 0.29) is 10.6 Å². The number of nitrogens with zero attached hydrogens (tertiary/aromatic N) is 2. The number of rotatable bonds is 5. The molecule has 0 unspecified atom stereocenters. The largest absolute Gasteiger partial charge is 0.292 e. The van der Waals surface area contributed by atoms with Gasteiger partial charge < -0.3 is 0 Å². The highest BCUT2D eigenvalue weighted by Crippen LogP contribution is 2.39. The third-order valence-corrected chi connectivity index (χ3v) is 6.78. The van der Waals surface area contributed by atoms with E-state index >= 15 is 0 Å². The number of fused-ring (bicyclic) bond motifs is 1. The lowest BCUT2D eigenvalue weighted by Crippen LogP contribution is -2.56. The molecule has 3 amide bonds. The standard InChI is InChI=1S/C25H22Cl2N2O4/c1-14-7-12-18-20(13-14)25(33)29(23(18)31)28(24(32)19-5-3-4-6-21(19)27)15(2)22(30)16-8-10-17(26)11-9-16/h3-11,15,18,20H,12-13H2,1-2H3/t15-,18+,20-/m1/s1. The maximum Gasteiger partial charge on any atom is 0.275 e. The summed E-state index contributed by atoms with van der Waals surface area (Å²) in [6.45, 7) is 3.41. The molecule has 2 aromatic carbocycles. The highest BCUT2D eigenvalue weighted by molar-refractivity contribution is 6.34. The first-order valence-corrected chi connectivity index (χ1v) is 11.4. The first-order chi connectivity index (χ1) is 15.7. The van der Waals surface area contributed by atoms with E-state index in [4.69, 9.17) is 23.2 Å². The fourth-order valence-electron chi connectivity index (χ4n) is 4.40. The van der Waals surface area contributed by atoms with E-state index in [0.29, 0.717) is 23.4 Å². The van der Waals surface area contributed by atoms with E-state index in [0.717, 1.165) is 15.6 Å². The van der Waals surface area contributed by atoms with E-state index in [1.807, 2.05) is 13.0 Å². The predicted octanol–water partition coefficient (Wildman–Crippen LogP) is 4.96. The zero-order valence-corrected chi connectivity index (χ0v) is 19.6. The molecule has 6 nitrogen and oxygen atoms in total. The van der Waals surface area contributed by atoms with Crippen LogP contribution in [-0.4, -0.2) is 39.6 Å². The number of hydrazine groups is 1. The number of amides is 3. The summed E-state index contributed by atoms with van der Waals surface area (Å²) >= 11 is 12.2. The lowest BCUT2D eigenvalue weighted by Gasteiger charge is -2.35. The molecule has 1 aliphatic heterocycles. The topological polar surface area (TPSA) is 74.8 Å². The van der Waals surface area contributed by atoms with Crippen LogP contribution in [0.15, 0.2) is 60.2 Å². The minimum absolute atomic E-state index is 0.0969. The van der Waals surface area contributed by atoms with Gasteiger partial charge in [0.05, 0.1) is 22.4 Å². The smallest absolute Gasteiger partial charge is 0.275 e. The van der Waals surface area contributed by atoms with E-state index in [1.54, 1.807) is 42.5 Å². The highest BCUT2D eigenvalue weighted by atomic mass is 35.5. The Hall–Kier alpha value is -2.96. The van der Waals surface area contributed by atoms with Crippen LogP contribution in [0.5, 0.6) is 0 Å². The third kappa shape index (κ3) is 4.21.